The quantitative estimate of drug-likeness (QED) is 0.846. The van der Waals surface area contributed by atoms with Gasteiger partial charge in [0.2, 0.25) is 5.76 Å². The SMILES string of the molecule is COCc1cccc(NC(C)c2ccc(C(=O)O)o2)c1. The van der Waals surface area contributed by atoms with Crippen molar-refractivity contribution in [1.82, 2.24) is 0 Å². The molecular formula is C15H17NO4. The van der Waals surface area contributed by atoms with E-state index in [-0.39, 0.29) is 11.8 Å². The standard InChI is InChI=1S/C15H17NO4/c1-10(13-6-7-14(20-13)15(17)18)16-12-5-3-4-11(8-12)9-19-2/h3-8,10,16H,9H2,1-2H3,(H,17,18). The van der Waals surface area contributed by atoms with Crippen LogP contribution in [0.3, 0.4) is 0 Å². The molecule has 2 aromatic rings. The second-order valence-corrected chi connectivity index (χ2v) is 4.51. The van der Waals surface area contributed by atoms with Gasteiger partial charge in [-0.15, -0.1) is 0 Å². The highest BCUT2D eigenvalue weighted by Gasteiger charge is 2.14. The lowest BCUT2D eigenvalue weighted by Gasteiger charge is -2.13. The third-order valence-corrected chi connectivity index (χ3v) is 2.89. The van der Waals surface area contributed by atoms with Crippen molar-refractivity contribution < 1.29 is 19.1 Å². The van der Waals surface area contributed by atoms with Gasteiger partial charge in [-0.1, -0.05) is 12.1 Å². The van der Waals surface area contributed by atoms with Crippen LogP contribution in [0, 0.1) is 0 Å². The number of rotatable bonds is 6. The van der Waals surface area contributed by atoms with Gasteiger partial charge >= 0.3 is 5.97 Å². The normalized spacial score (nSPS) is 12.1. The van der Waals surface area contributed by atoms with Crippen LogP contribution in [0.15, 0.2) is 40.8 Å². The first-order chi connectivity index (χ1) is 9.60. The molecule has 20 heavy (non-hydrogen) atoms. The summed E-state index contributed by atoms with van der Waals surface area (Å²) in [5, 5.41) is 12.1. The van der Waals surface area contributed by atoms with Crippen LogP contribution in [0.1, 0.15) is 34.8 Å². The van der Waals surface area contributed by atoms with E-state index >= 15 is 0 Å². The molecule has 0 amide bonds. The Morgan fingerprint density at radius 1 is 1.40 bits per heavy atom. The molecule has 5 heteroatoms. The number of nitrogens with one attached hydrogen (secondary N) is 1. The molecule has 0 aliphatic heterocycles. The van der Waals surface area contributed by atoms with Crippen LogP contribution in [-0.4, -0.2) is 18.2 Å². The summed E-state index contributed by atoms with van der Waals surface area (Å²) in [6, 6.07) is 10.8. The summed E-state index contributed by atoms with van der Waals surface area (Å²) in [7, 11) is 1.65. The Hall–Kier alpha value is -2.27. The molecule has 1 atom stereocenters. The zero-order valence-electron chi connectivity index (χ0n) is 11.4. The Morgan fingerprint density at radius 3 is 2.85 bits per heavy atom. The van der Waals surface area contributed by atoms with E-state index in [9.17, 15) is 4.79 Å². The molecule has 5 nitrogen and oxygen atoms in total. The van der Waals surface area contributed by atoms with Crippen molar-refractivity contribution in [2.75, 3.05) is 12.4 Å². The summed E-state index contributed by atoms with van der Waals surface area (Å²) in [5.74, 6) is -0.535. The van der Waals surface area contributed by atoms with Crippen molar-refractivity contribution in [2.24, 2.45) is 0 Å². The smallest absolute Gasteiger partial charge is 0.371 e. The first-order valence-corrected chi connectivity index (χ1v) is 6.27. The Morgan fingerprint density at radius 2 is 2.20 bits per heavy atom. The van der Waals surface area contributed by atoms with Gasteiger partial charge < -0.3 is 19.6 Å². The molecule has 0 bridgehead atoms. The van der Waals surface area contributed by atoms with Gasteiger partial charge in [0, 0.05) is 12.8 Å². The monoisotopic (exact) mass is 275 g/mol. The van der Waals surface area contributed by atoms with E-state index in [1.165, 1.54) is 6.07 Å². The van der Waals surface area contributed by atoms with Crippen LogP contribution in [0.5, 0.6) is 0 Å². The van der Waals surface area contributed by atoms with Gasteiger partial charge in [0.1, 0.15) is 5.76 Å². The first kappa shape index (κ1) is 14.1. The average Bonchev–Trinajstić information content (AvgIpc) is 2.89. The van der Waals surface area contributed by atoms with Gasteiger partial charge in [-0.3, -0.25) is 0 Å². The van der Waals surface area contributed by atoms with Gasteiger partial charge in [-0.2, -0.15) is 0 Å². The first-order valence-electron chi connectivity index (χ1n) is 6.27. The zero-order valence-corrected chi connectivity index (χ0v) is 11.4. The van der Waals surface area contributed by atoms with Crippen molar-refractivity contribution in [2.45, 2.75) is 19.6 Å². The maximum absolute atomic E-state index is 10.8. The molecule has 106 valence electrons. The van der Waals surface area contributed by atoms with E-state index in [2.05, 4.69) is 5.32 Å². The summed E-state index contributed by atoms with van der Waals surface area (Å²) in [4.78, 5) is 10.8. The molecule has 0 saturated heterocycles. The topological polar surface area (TPSA) is 71.7 Å². The third-order valence-electron chi connectivity index (χ3n) is 2.89. The summed E-state index contributed by atoms with van der Waals surface area (Å²) in [6.07, 6.45) is 0. The molecular weight excluding hydrogens is 258 g/mol. The van der Waals surface area contributed by atoms with Gasteiger partial charge in [0.15, 0.2) is 0 Å². The van der Waals surface area contributed by atoms with Crippen molar-refractivity contribution in [3.63, 3.8) is 0 Å². The predicted molar refractivity (Wildman–Crippen MR) is 74.9 cm³/mol. The zero-order chi connectivity index (χ0) is 14.5. The van der Waals surface area contributed by atoms with E-state index in [0.717, 1.165) is 11.3 Å². The molecule has 2 rings (SSSR count). The fourth-order valence-electron chi connectivity index (χ4n) is 1.94. The number of furan rings is 1. The van der Waals surface area contributed by atoms with Crippen LogP contribution >= 0.6 is 0 Å². The van der Waals surface area contributed by atoms with Crippen molar-refractivity contribution in [1.29, 1.82) is 0 Å². The molecule has 0 fully saturated rings. The second kappa shape index (κ2) is 6.25. The highest BCUT2D eigenvalue weighted by atomic mass is 16.5. The number of methoxy groups -OCH3 is 1. The molecule has 1 aromatic carbocycles. The largest absolute Gasteiger partial charge is 0.475 e. The lowest BCUT2D eigenvalue weighted by atomic mass is 10.2. The van der Waals surface area contributed by atoms with E-state index in [1.54, 1.807) is 13.2 Å². The van der Waals surface area contributed by atoms with Crippen LogP contribution < -0.4 is 5.32 Å². The molecule has 0 radical (unpaired) electrons. The average molecular weight is 275 g/mol. The Labute approximate surface area is 117 Å². The van der Waals surface area contributed by atoms with E-state index < -0.39 is 5.97 Å². The Balaban J connectivity index is 2.08. The maximum atomic E-state index is 10.8. The number of ether oxygens (including phenoxy) is 1. The number of hydrogen-bond acceptors (Lipinski definition) is 4. The molecule has 1 heterocycles. The van der Waals surface area contributed by atoms with Crippen LogP contribution in [0.4, 0.5) is 5.69 Å². The minimum atomic E-state index is -1.06. The molecule has 0 saturated carbocycles. The van der Waals surface area contributed by atoms with Gasteiger partial charge in [0.05, 0.1) is 12.6 Å². The van der Waals surface area contributed by atoms with E-state index in [0.29, 0.717) is 12.4 Å². The Kier molecular flexibility index (Phi) is 4.42. The second-order valence-electron chi connectivity index (χ2n) is 4.51. The molecule has 1 unspecified atom stereocenters. The van der Waals surface area contributed by atoms with E-state index in [4.69, 9.17) is 14.3 Å². The number of aromatic carboxylic acids is 1. The van der Waals surface area contributed by atoms with Gasteiger partial charge in [-0.05, 0) is 36.8 Å². The fraction of sp³-hybridized carbons (Fsp3) is 0.267. The van der Waals surface area contributed by atoms with Gasteiger partial charge in [-0.25, -0.2) is 4.79 Å². The number of carboxylic acid groups (broad SMARTS) is 1. The minimum Gasteiger partial charge on any atom is -0.475 e. The van der Waals surface area contributed by atoms with Crippen molar-refractivity contribution in [3.05, 3.63) is 53.5 Å². The minimum absolute atomic E-state index is 0.0539. The lowest BCUT2D eigenvalue weighted by molar-refractivity contribution is 0.0660. The maximum Gasteiger partial charge on any atom is 0.371 e. The van der Waals surface area contributed by atoms with Crippen molar-refractivity contribution in [3.8, 4) is 0 Å². The van der Waals surface area contributed by atoms with E-state index in [1.807, 2.05) is 31.2 Å². The molecule has 0 spiro atoms. The lowest BCUT2D eigenvalue weighted by Crippen LogP contribution is -2.06. The van der Waals surface area contributed by atoms with Crippen LogP contribution in [0.25, 0.3) is 0 Å². The molecule has 1 aromatic heterocycles. The van der Waals surface area contributed by atoms with Gasteiger partial charge in [0.25, 0.3) is 0 Å². The third kappa shape index (κ3) is 3.39. The highest BCUT2D eigenvalue weighted by molar-refractivity contribution is 5.84. The van der Waals surface area contributed by atoms with Crippen LogP contribution in [0.2, 0.25) is 0 Å². The number of carbonyl (C=O) groups is 1. The predicted octanol–water partition coefficient (Wildman–Crippen LogP) is 3.30. The van der Waals surface area contributed by atoms with Crippen LogP contribution in [-0.2, 0) is 11.3 Å². The summed E-state index contributed by atoms with van der Waals surface area (Å²) >= 11 is 0. The molecule has 0 aliphatic carbocycles. The number of anilines is 1. The summed E-state index contributed by atoms with van der Waals surface area (Å²) in [6.45, 7) is 2.46. The fourth-order valence-corrected chi connectivity index (χ4v) is 1.94. The highest BCUT2D eigenvalue weighted by Crippen LogP contribution is 2.22. The number of carboxylic acids is 1. The Bertz CT molecular complexity index is 591. The number of benzene rings is 1. The number of hydrogen-bond donors (Lipinski definition) is 2. The molecule has 2 N–H and O–H groups in total. The summed E-state index contributed by atoms with van der Waals surface area (Å²) < 4.78 is 10.4. The summed E-state index contributed by atoms with van der Waals surface area (Å²) in [5.41, 5.74) is 2.00. The molecule has 0 aliphatic rings. The van der Waals surface area contributed by atoms with Crippen molar-refractivity contribution >= 4 is 11.7 Å².